The smallest absolute Gasteiger partial charge is 0.240 e. The normalized spacial score (nSPS) is 22.1. The first-order valence-corrected chi connectivity index (χ1v) is 7.19. The van der Waals surface area contributed by atoms with Crippen LogP contribution in [0.1, 0.15) is 25.3 Å². The van der Waals surface area contributed by atoms with Gasteiger partial charge >= 0.3 is 0 Å². The summed E-state index contributed by atoms with van der Waals surface area (Å²) in [5.74, 6) is 0.0999. The van der Waals surface area contributed by atoms with Crippen molar-refractivity contribution in [3.63, 3.8) is 0 Å². The molecular formula is C17H20N2O. The molecule has 0 aromatic heterocycles. The summed E-state index contributed by atoms with van der Waals surface area (Å²) in [4.78, 5) is 12.3. The van der Waals surface area contributed by atoms with Crippen molar-refractivity contribution in [2.45, 2.75) is 31.8 Å². The summed E-state index contributed by atoms with van der Waals surface area (Å²) in [5.41, 5.74) is 0.767. The molecule has 2 aromatic rings. The number of hydrogen-bond acceptors (Lipinski definition) is 2. The summed E-state index contributed by atoms with van der Waals surface area (Å²) >= 11 is 0. The lowest BCUT2D eigenvalue weighted by Crippen LogP contribution is -2.50. The Morgan fingerprint density at radius 2 is 2.05 bits per heavy atom. The van der Waals surface area contributed by atoms with E-state index in [0.29, 0.717) is 6.54 Å². The summed E-state index contributed by atoms with van der Waals surface area (Å²) in [6.45, 7) is 3.49. The van der Waals surface area contributed by atoms with Crippen molar-refractivity contribution in [3.8, 4) is 0 Å². The minimum atomic E-state index is -0.398. The molecule has 1 aliphatic rings. The van der Waals surface area contributed by atoms with Gasteiger partial charge in [-0.15, -0.1) is 0 Å². The second-order valence-electron chi connectivity index (χ2n) is 5.68. The zero-order valence-corrected chi connectivity index (χ0v) is 11.8. The molecule has 1 unspecified atom stereocenters. The first-order chi connectivity index (χ1) is 9.69. The van der Waals surface area contributed by atoms with E-state index in [9.17, 15) is 4.79 Å². The molecule has 1 aliphatic heterocycles. The van der Waals surface area contributed by atoms with E-state index < -0.39 is 5.54 Å². The van der Waals surface area contributed by atoms with Crippen molar-refractivity contribution >= 4 is 16.7 Å². The molecule has 3 nitrogen and oxygen atoms in total. The van der Waals surface area contributed by atoms with Crippen LogP contribution in [0.15, 0.2) is 42.5 Å². The molecule has 3 heteroatoms. The molecule has 0 aliphatic carbocycles. The van der Waals surface area contributed by atoms with Gasteiger partial charge in [0.05, 0.1) is 5.54 Å². The van der Waals surface area contributed by atoms with E-state index >= 15 is 0 Å². The highest BCUT2D eigenvalue weighted by molar-refractivity contribution is 5.88. The Morgan fingerprint density at radius 1 is 1.25 bits per heavy atom. The average Bonchev–Trinajstić information content (AvgIpc) is 2.93. The fourth-order valence-corrected chi connectivity index (χ4v) is 2.91. The molecular weight excluding hydrogens is 248 g/mol. The minimum Gasteiger partial charge on any atom is -0.350 e. The number of nitrogens with one attached hydrogen (secondary N) is 2. The molecule has 20 heavy (non-hydrogen) atoms. The van der Waals surface area contributed by atoms with Crippen molar-refractivity contribution in [2.75, 3.05) is 6.54 Å². The molecule has 3 rings (SSSR count). The maximum atomic E-state index is 12.3. The fraction of sp³-hybridized carbons (Fsp3) is 0.353. The quantitative estimate of drug-likeness (QED) is 0.898. The van der Waals surface area contributed by atoms with Crippen LogP contribution >= 0.6 is 0 Å². The Kier molecular flexibility index (Phi) is 3.45. The predicted molar refractivity (Wildman–Crippen MR) is 81.4 cm³/mol. The van der Waals surface area contributed by atoms with Crippen LogP contribution in [0.3, 0.4) is 0 Å². The third kappa shape index (κ3) is 2.41. The molecule has 104 valence electrons. The van der Waals surface area contributed by atoms with Crippen molar-refractivity contribution in [3.05, 3.63) is 48.0 Å². The van der Waals surface area contributed by atoms with Gasteiger partial charge in [-0.05, 0) is 42.6 Å². The molecule has 2 N–H and O–H groups in total. The number of hydrogen-bond donors (Lipinski definition) is 2. The highest BCUT2D eigenvalue weighted by atomic mass is 16.2. The number of benzene rings is 2. The first-order valence-electron chi connectivity index (χ1n) is 7.19. The Morgan fingerprint density at radius 3 is 2.85 bits per heavy atom. The van der Waals surface area contributed by atoms with Gasteiger partial charge in [0.15, 0.2) is 0 Å². The van der Waals surface area contributed by atoms with Gasteiger partial charge in [0, 0.05) is 6.54 Å². The highest BCUT2D eigenvalue weighted by Crippen LogP contribution is 2.20. The van der Waals surface area contributed by atoms with Crippen LogP contribution in [0.5, 0.6) is 0 Å². The second-order valence-corrected chi connectivity index (χ2v) is 5.68. The van der Waals surface area contributed by atoms with E-state index in [1.54, 1.807) is 0 Å². The molecule has 1 fully saturated rings. The van der Waals surface area contributed by atoms with Crippen molar-refractivity contribution < 1.29 is 4.79 Å². The number of carbonyl (C=O) groups is 1. The molecule has 0 radical (unpaired) electrons. The van der Waals surface area contributed by atoms with Crippen LogP contribution in [0, 0.1) is 0 Å². The van der Waals surface area contributed by atoms with E-state index in [4.69, 9.17) is 0 Å². The summed E-state index contributed by atoms with van der Waals surface area (Å²) in [7, 11) is 0. The molecule has 1 atom stereocenters. The van der Waals surface area contributed by atoms with Crippen LogP contribution in [-0.2, 0) is 11.3 Å². The third-order valence-corrected chi connectivity index (χ3v) is 4.19. The van der Waals surface area contributed by atoms with Gasteiger partial charge in [-0.1, -0.05) is 42.5 Å². The van der Waals surface area contributed by atoms with E-state index in [1.165, 1.54) is 10.8 Å². The fourth-order valence-electron chi connectivity index (χ4n) is 2.91. The van der Waals surface area contributed by atoms with Crippen molar-refractivity contribution in [2.24, 2.45) is 0 Å². The van der Waals surface area contributed by atoms with Crippen LogP contribution < -0.4 is 10.6 Å². The molecule has 0 saturated carbocycles. The highest BCUT2D eigenvalue weighted by Gasteiger charge is 2.35. The SMILES string of the molecule is CC1(C(=O)NCc2cccc3ccccc23)CCCN1. The monoisotopic (exact) mass is 268 g/mol. The molecule has 1 amide bonds. The topological polar surface area (TPSA) is 41.1 Å². The van der Waals surface area contributed by atoms with Gasteiger partial charge in [-0.2, -0.15) is 0 Å². The standard InChI is InChI=1S/C17H20N2O/c1-17(10-5-11-19-17)16(20)18-12-14-8-4-7-13-6-2-3-9-15(13)14/h2-4,6-9,19H,5,10-12H2,1H3,(H,18,20). The predicted octanol–water partition coefficient (Wildman–Crippen LogP) is 2.60. The summed E-state index contributed by atoms with van der Waals surface area (Å²) in [6, 6.07) is 14.5. The molecule has 1 saturated heterocycles. The number of amides is 1. The average molecular weight is 268 g/mol. The van der Waals surface area contributed by atoms with Crippen LogP contribution in [0.2, 0.25) is 0 Å². The van der Waals surface area contributed by atoms with Gasteiger partial charge in [0.1, 0.15) is 0 Å². The van der Waals surface area contributed by atoms with E-state index in [2.05, 4.69) is 34.9 Å². The summed E-state index contributed by atoms with van der Waals surface area (Å²) in [5, 5.41) is 8.79. The Bertz CT molecular complexity index is 624. The maximum absolute atomic E-state index is 12.3. The zero-order chi connectivity index (χ0) is 14.0. The number of rotatable bonds is 3. The largest absolute Gasteiger partial charge is 0.350 e. The van der Waals surface area contributed by atoms with Crippen LogP contribution in [-0.4, -0.2) is 18.0 Å². The second kappa shape index (κ2) is 5.25. The van der Waals surface area contributed by atoms with Crippen molar-refractivity contribution in [1.29, 1.82) is 0 Å². The lowest BCUT2D eigenvalue weighted by Gasteiger charge is -2.23. The molecule has 0 spiro atoms. The number of fused-ring (bicyclic) bond motifs is 1. The Balaban J connectivity index is 1.76. The molecule has 2 aromatic carbocycles. The summed E-state index contributed by atoms with van der Waals surface area (Å²) < 4.78 is 0. The van der Waals surface area contributed by atoms with E-state index in [1.807, 2.05) is 25.1 Å². The molecule has 0 bridgehead atoms. The van der Waals surface area contributed by atoms with Gasteiger partial charge in [0.25, 0.3) is 0 Å². The van der Waals surface area contributed by atoms with E-state index in [0.717, 1.165) is 24.9 Å². The zero-order valence-electron chi connectivity index (χ0n) is 11.8. The minimum absolute atomic E-state index is 0.0999. The van der Waals surface area contributed by atoms with Gasteiger partial charge in [-0.25, -0.2) is 0 Å². The van der Waals surface area contributed by atoms with Crippen LogP contribution in [0.4, 0.5) is 0 Å². The van der Waals surface area contributed by atoms with Crippen molar-refractivity contribution in [1.82, 2.24) is 10.6 Å². The first kappa shape index (κ1) is 13.1. The lowest BCUT2D eigenvalue weighted by molar-refractivity contribution is -0.126. The Hall–Kier alpha value is -1.87. The Labute approximate surface area is 119 Å². The summed E-state index contributed by atoms with van der Waals surface area (Å²) in [6.07, 6.45) is 1.98. The van der Waals surface area contributed by atoms with Gasteiger partial charge < -0.3 is 10.6 Å². The third-order valence-electron chi connectivity index (χ3n) is 4.19. The van der Waals surface area contributed by atoms with Gasteiger partial charge in [0.2, 0.25) is 5.91 Å². The maximum Gasteiger partial charge on any atom is 0.240 e. The van der Waals surface area contributed by atoms with Gasteiger partial charge in [-0.3, -0.25) is 4.79 Å². The molecule has 1 heterocycles. The van der Waals surface area contributed by atoms with Crippen LogP contribution in [0.25, 0.3) is 10.8 Å². The lowest BCUT2D eigenvalue weighted by atomic mass is 9.99. The van der Waals surface area contributed by atoms with E-state index in [-0.39, 0.29) is 5.91 Å². The number of carbonyl (C=O) groups excluding carboxylic acids is 1.